The predicted molar refractivity (Wildman–Crippen MR) is 123 cm³/mol. The molecule has 184 valence electrons. The van der Waals surface area contributed by atoms with Crippen molar-refractivity contribution >= 4 is 23.7 Å². The molecule has 0 bridgehead atoms. The van der Waals surface area contributed by atoms with Crippen molar-refractivity contribution in [2.75, 3.05) is 6.61 Å². The van der Waals surface area contributed by atoms with Crippen LogP contribution in [0.4, 0.5) is 0 Å². The predicted octanol–water partition coefficient (Wildman–Crippen LogP) is -0.210. The molecular formula is C23H36N4O6. The number of carbonyl (C=O) groups is 4. The zero-order chi connectivity index (χ0) is 25.1. The summed E-state index contributed by atoms with van der Waals surface area (Å²) in [6.07, 6.45) is 0.593. The van der Waals surface area contributed by atoms with Crippen molar-refractivity contribution < 1.29 is 29.4 Å². The third kappa shape index (κ3) is 8.82. The maximum absolute atomic E-state index is 12.9. The summed E-state index contributed by atoms with van der Waals surface area (Å²) in [4.78, 5) is 49.5. The minimum atomic E-state index is -1.39. The number of aliphatic hydroxyl groups excluding tert-OH is 1. The molecule has 0 aromatic heterocycles. The molecule has 1 rings (SSSR count). The molecule has 10 heteroatoms. The van der Waals surface area contributed by atoms with E-state index >= 15 is 0 Å². The van der Waals surface area contributed by atoms with Crippen molar-refractivity contribution in [2.45, 2.75) is 64.7 Å². The summed E-state index contributed by atoms with van der Waals surface area (Å²) in [5.41, 5.74) is 6.57. The first-order chi connectivity index (χ1) is 15.5. The van der Waals surface area contributed by atoms with Crippen LogP contribution in [-0.4, -0.2) is 64.7 Å². The van der Waals surface area contributed by atoms with Crippen LogP contribution in [0.5, 0.6) is 0 Å². The van der Waals surface area contributed by atoms with Crippen molar-refractivity contribution in [1.29, 1.82) is 0 Å². The Hall–Kier alpha value is -2.98. The lowest BCUT2D eigenvalue weighted by molar-refractivity contribution is -0.142. The van der Waals surface area contributed by atoms with E-state index in [-0.39, 0.29) is 18.3 Å². The van der Waals surface area contributed by atoms with Gasteiger partial charge in [-0.1, -0.05) is 64.4 Å². The van der Waals surface area contributed by atoms with Gasteiger partial charge < -0.3 is 31.9 Å². The van der Waals surface area contributed by atoms with E-state index in [4.69, 9.17) is 5.73 Å². The number of carbonyl (C=O) groups excluding carboxylic acids is 3. The standard InChI is InChI=1S/C23H36N4O6/c1-5-14(4)19(27-21(30)18(24)13(2)3)22(31)26-17(12-28)20(29)25-16(23(32)33)11-15-9-7-6-8-10-15/h6-10,13-14,16-19,28H,5,11-12,24H2,1-4H3,(H,25,29)(H,26,31)(H,27,30)(H,32,33). The number of carboxylic acids is 1. The van der Waals surface area contributed by atoms with Crippen molar-refractivity contribution in [1.82, 2.24) is 16.0 Å². The molecule has 3 amide bonds. The summed E-state index contributed by atoms with van der Waals surface area (Å²) < 4.78 is 0. The summed E-state index contributed by atoms with van der Waals surface area (Å²) in [6.45, 7) is 6.42. The third-order valence-electron chi connectivity index (χ3n) is 5.53. The van der Waals surface area contributed by atoms with Crippen molar-refractivity contribution in [3.63, 3.8) is 0 Å². The van der Waals surface area contributed by atoms with E-state index in [1.54, 1.807) is 51.1 Å². The SMILES string of the molecule is CCC(C)C(NC(=O)C(N)C(C)C)C(=O)NC(CO)C(=O)NC(Cc1ccccc1)C(=O)O. The number of hydrogen-bond acceptors (Lipinski definition) is 6. The second kappa shape index (κ2) is 13.5. The zero-order valence-corrected chi connectivity index (χ0v) is 19.6. The molecule has 7 N–H and O–H groups in total. The normalized spacial score (nSPS) is 15.6. The smallest absolute Gasteiger partial charge is 0.326 e. The molecule has 1 aromatic rings. The number of hydrogen-bond donors (Lipinski definition) is 6. The molecular weight excluding hydrogens is 428 g/mol. The first-order valence-corrected chi connectivity index (χ1v) is 11.1. The van der Waals surface area contributed by atoms with Crippen LogP contribution in [0.3, 0.4) is 0 Å². The highest BCUT2D eigenvalue weighted by Gasteiger charge is 2.32. The fourth-order valence-corrected chi connectivity index (χ4v) is 3.03. The van der Waals surface area contributed by atoms with Gasteiger partial charge in [0.25, 0.3) is 0 Å². The van der Waals surface area contributed by atoms with Crippen LogP contribution >= 0.6 is 0 Å². The molecule has 0 fully saturated rings. The Morgan fingerprint density at radius 2 is 1.48 bits per heavy atom. The number of benzene rings is 1. The molecule has 1 aromatic carbocycles. The number of nitrogens with two attached hydrogens (primary N) is 1. The van der Waals surface area contributed by atoms with Gasteiger partial charge in [0.2, 0.25) is 17.7 Å². The van der Waals surface area contributed by atoms with E-state index in [9.17, 15) is 29.4 Å². The van der Waals surface area contributed by atoms with Crippen LogP contribution in [-0.2, 0) is 25.6 Å². The third-order valence-corrected chi connectivity index (χ3v) is 5.53. The molecule has 0 heterocycles. The van der Waals surface area contributed by atoms with Gasteiger partial charge in [0.1, 0.15) is 18.1 Å². The van der Waals surface area contributed by atoms with Gasteiger partial charge in [-0.05, 0) is 17.4 Å². The topological polar surface area (TPSA) is 171 Å². The molecule has 0 radical (unpaired) electrons. The van der Waals surface area contributed by atoms with Crippen LogP contribution < -0.4 is 21.7 Å². The van der Waals surface area contributed by atoms with Gasteiger partial charge >= 0.3 is 5.97 Å². The van der Waals surface area contributed by atoms with E-state index in [2.05, 4.69) is 16.0 Å². The lowest BCUT2D eigenvalue weighted by Crippen LogP contribution is -2.60. The molecule has 33 heavy (non-hydrogen) atoms. The van der Waals surface area contributed by atoms with Gasteiger partial charge in [0.15, 0.2) is 0 Å². The maximum atomic E-state index is 12.9. The molecule has 0 saturated carbocycles. The summed E-state index contributed by atoms with van der Waals surface area (Å²) in [7, 11) is 0. The Morgan fingerprint density at radius 3 is 1.97 bits per heavy atom. The minimum Gasteiger partial charge on any atom is -0.480 e. The Balaban J connectivity index is 2.90. The molecule has 0 spiro atoms. The average molecular weight is 465 g/mol. The Morgan fingerprint density at radius 1 is 0.909 bits per heavy atom. The molecule has 0 aliphatic rings. The monoisotopic (exact) mass is 464 g/mol. The Kier molecular flexibility index (Phi) is 11.5. The summed E-state index contributed by atoms with van der Waals surface area (Å²) in [5.74, 6) is -3.67. The second-order valence-electron chi connectivity index (χ2n) is 8.47. The van der Waals surface area contributed by atoms with Crippen LogP contribution in [0.2, 0.25) is 0 Å². The first-order valence-electron chi connectivity index (χ1n) is 11.1. The number of amides is 3. The summed E-state index contributed by atoms with van der Waals surface area (Å²) in [5, 5.41) is 26.6. The molecule has 5 atom stereocenters. The highest BCUT2D eigenvalue weighted by molar-refractivity contribution is 5.94. The largest absolute Gasteiger partial charge is 0.480 e. The van der Waals surface area contributed by atoms with Gasteiger partial charge in [-0.25, -0.2) is 4.79 Å². The van der Waals surface area contributed by atoms with E-state index < -0.39 is 54.5 Å². The van der Waals surface area contributed by atoms with E-state index in [1.807, 2.05) is 6.92 Å². The van der Waals surface area contributed by atoms with Crippen LogP contribution in [0.25, 0.3) is 0 Å². The lowest BCUT2D eigenvalue weighted by atomic mass is 9.96. The molecule has 10 nitrogen and oxygen atoms in total. The van der Waals surface area contributed by atoms with Crippen LogP contribution in [0.1, 0.15) is 39.7 Å². The summed E-state index contributed by atoms with van der Waals surface area (Å²) >= 11 is 0. The van der Waals surface area contributed by atoms with Crippen molar-refractivity contribution in [3.05, 3.63) is 35.9 Å². The number of rotatable bonds is 13. The Bertz CT molecular complexity index is 801. The number of aliphatic hydroxyl groups is 1. The van der Waals surface area contributed by atoms with E-state index in [0.29, 0.717) is 12.0 Å². The second-order valence-corrected chi connectivity index (χ2v) is 8.47. The van der Waals surface area contributed by atoms with Crippen molar-refractivity contribution in [2.24, 2.45) is 17.6 Å². The van der Waals surface area contributed by atoms with Crippen LogP contribution in [0.15, 0.2) is 30.3 Å². The molecule has 5 unspecified atom stereocenters. The number of nitrogens with one attached hydrogen (secondary N) is 3. The molecule has 0 saturated heterocycles. The highest BCUT2D eigenvalue weighted by atomic mass is 16.4. The van der Waals surface area contributed by atoms with Gasteiger partial charge in [-0.15, -0.1) is 0 Å². The quantitative estimate of drug-likeness (QED) is 0.234. The van der Waals surface area contributed by atoms with Crippen molar-refractivity contribution in [3.8, 4) is 0 Å². The van der Waals surface area contributed by atoms with Gasteiger partial charge in [0, 0.05) is 6.42 Å². The first kappa shape index (κ1) is 28.1. The fraction of sp³-hybridized carbons (Fsp3) is 0.565. The zero-order valence-electron chi connectivity index (χ0n) is 19.6. The van der Waals surface area contributed by atoms with Gasteiger partial charge in [0.05, 0.1) is 12.6 Å². The minimum absolute atomic E-state index is 0.0344. The fourth-order valence-electron chi connectivity index (χ4n) is 3.03. The number of carboxylic acid groups (broad SMARTS) is 1. The average Bonchev–Trinajstić information content (AvgIpc) is 2.79. The van der Waals surface area contributed by atoms with Crippen LogP contribution in [0, 0.1) is 11.8 Å². The van der Waals surface area contributed by atoms with Gasteiger partial charge in [-0.3, -0.25) is 14.4 Å². The molecule has 0 aliphatic carbocycles. The van der Waals surface area contributed by atoms with E-state index in [1.165, 1.54) is 0 Å². The van der Waals surface area contributed by atoms with Gasteiger partial charge in [-0.2, -0.15) is 0 Å². The number of aliphatic carboxylic acids is 1. The molecule has 0 aliphatic heterocycles. The summed E-state index contributed by atoms with van der Waals surface area (Å²) in [6, 6.07) is 4.32. The highest BCUT2D eigenvalue weighted by Crippen LogP contribution is 2.10. The lowest BCUT2D eigenvalue weighted by Gasteiger charge is -2.28. The van der Waals surface area contributed by atoms with E-state index in [0.717, 1.165) is 0 Å². The maximum Gasteiger partial charge on any atom is 0.326 e. The Labute approximate surface area is 194 Å².